The van der Waals surface area contributed by atoms with Gasteiger partial charge >= 0.3 is 5.97 Å². The third-order valence-corrected chi connectivity index (χ3v) is 4.87. The van der Waals surface area contributed by atoms with E-state index in [1.807, 2.05) is 24.3 Å². The van der Waals surface area contributed by atoms with E-state index in [-0.39, 0.29) is 18.3 Å². The number of nitrogens with one attached hydrogen (secondary N) is 1. The molecule has 0 radical (unpaired) electrons. The lowest BCUT2D eigenvalue weighted by Crippen LogP contribution is -2.32. The molecule has 0 saturated carbocycles. The summed E-state index contributed by atoms with van der Waals surface area (Å²) in [6.45, 7) is 1.33. The van der Waals surface area contributed by atoms with Gasteiger partial charge in [-0.05, 0) is 35.4 Å². The molecule has 7 heteroatoms. The molecule has 0 aliphatic carbocycles. The van der Waals surface area contributed by atoms with Gasteiger partial charge < -0.3 is 24.3 Å². The van der Waals surface area contributed by atoms with Gasteiger partial charge in [0.05, 0.1) is 19.4 Å². The minimum Gasteiger partial charge on any atom is -0.497 e. The minimum absolute atomic E-state index is 0.0492. The lowest BCUT2D eigenvalue weighted by molar-refractivity contribution is -0.141. The summed E-state index contributed by atoms with van der Waals surface area (Å²) in [5.74, 6) is 0.812. The van der Waals surface area contributed by atoms with E-state index in [4.69, 9.17) is 18.9 Å². The van der Waals surface area contributed by atoms with Crippen molar-refractivity contribution < 1.29 is 28.5 Å². The Morgan fingerprint density at radius 3 is 2.61 bits per heavy atom. The smallest absolute Gasteiger partial charge is 0.307 e. The predicted octanol–water partition coefficient (Wildman–Crippen LogP) is 2.39. The molecule has 1 amide bonds. The van der Waals surface area contributed by atoms with Crippen LogP contribution in [0.5, 0.6) is 17.2 Å². The zero-order valence-electron chi connectivity index (χ0n) is 15.5. The number of ether oxygens (including phenoxy) is 4. The van der Waals surface area contributed by atoms with Gasteiger partial charge in [-0.15, -0.1) is 0 Å². The van der Waals surface area contributed by atoms with Crippen LogP contribution in [0.4, 0.5) is 0 Å². The van der Waals surface area contributed by atoms with Gasteiger partial charge in [-0.2, -0.15) is 0 Å². The first-order valence-electron chi connectivity index (χ1n) is 9.14. The van der Waals surface area contributed by atoms with Crippen LogP contribution in [-0.2, 0) is 20.9 Å². The first-order chi connectivity index (χ1) is 13.6. The van der Waals surface area contributed by atoms with E-state index in [0.717, 1.165) is 16.9 Å². The largest absolute Gasteiger partial charge is 0.497 e. The lowest BCUT2D eigenvalue weighted by Gasteiger charge is -2.22. The Morgan fingerprint density at radius 1 is 1.11 bits per heavy atom. The Balaban J connectivity index is 1.46. The average Bonchev–Trinajstić information content (AvgIpc) is 3.14. The number of hydrogen-bond acceptors (Lipinski definition) is 6. The molecule has 1 N–H and O–H groups in total. The van der Waals surface area contributed by atoms with Crippen LogP contribution in [0.3, 0.4) is 0 Å². The average molecular weight is 383 g/mol. The molecular formula is C21H21NO6. The van der Waals surface area contributed by atoms with E-state index in [1.165, 1.54) is 0 Å². The molecule has 2 heterocycles. The van der Waals surface area contributed by atoms with Crippen molar-refractivity contribution in [3.63, 3.8) is 0 Å². The minimum atomic E-state index is -0.640. The van der Waals surface area contributed by atoms with E-state index < -0.39 is 12.0 Å². The lowest BCUT2D eigenvalue weighted by atomic mass is 9.94. The van der Waals surface area contributed by atoms with Gasteiger partial charge in [-0.3, -0.25) is 9.59 Å². The Morgan fingerprint density at radius 2 is 1.86 bits per heavy atom. The molecule has 7 nitrogen and oxygen atoms in total. The van der Waals surface area contributed by atoms with Crippen molar-refractivity contribution in [1.29, 1.82) is 0 Å². The number of benzene rings is 2. The number of hydrogen-bond donors (Lipinski definition) is 1. The van der Waals surface area contributed by atoms with Crippen molar-refractivity contribution in [2.75, 3.05) is 20.3 Å². The van der Waals surface area contributed by atoms with Crippen LogP contribution >= 0.6 is 0 Å². The number of carbonyl (C=O) groups excluding carboxylic acids is 2. The summed E-state index contributed by atoms with van der Waals surface area (Å²) in [7, 11) is 1.60. The maximum Gasteiger partial charge on any atom is 0.307 e. The molecule has 28 heavy (non-hydrogen) atoms. The molecule has 0 unspecified atom stereocenters. The van der Waals surface area contributed by atoms with Gasteiger partial charge in [-0.1, -0.05) is 18.2 Å². The number of rotatable bonds is 5. The molecule has 0 spiro atoms. The first kappa shape index (κ1) is 18.2. The van der Waals surface area contributed by atoms with Gasteiger partial charge in [0.25, 0.3) is 0 Å². The number of carbonyl (C=O) groups is 2. The quantitative estimate of drug-likeness (QED) is 0.799. The number of esters is 1. The van der Waals surface area contributed by atoms with Crippen molar-refractivity contribution in [3.05, 3.63) is 53.6 Å². The number of methoxy groups -OCH3 is 1. The third-order valence-electron chi connectivity index (χ3n) is 4.87. The van der Waals surface area contributed by atoms with Crippen molar-refractivity contribution in [2.45, 2.75) is 19.1 Å². The fraction of sp³-hybridized carbons (Fsp3) is 0.333. The normalized spacial score (nSPS) is 20.4. The van der Waals surface area contributed by atoms with E-state index >= 15 is 0 Å². The number of fused-ring (bicyclic) bond motifs is 1. The monoisotopic (exact) mass is 383 g/mol. The van der Waals surface area contributed by atoms with E-state index in [0.29, 0.717) is 31.3 Å². The highest BCUT2D eigenvalue weighted by Gasteiger charge is 2.41. The van der Waals surface area contributed by atoms with Gasteiger partial charge in [0.15, 0.2) is 11.5 Å². The second kappa shape index (κ2) is 7.80. The molecule has 1 fully saturated rings. The number of cyclic esters (lactones) is 1. The SMILES string of the molecule is COc1ccc(CNC(=O)[C@H]2CC(=O)O[C@@H]2c2ccc3c(c2)OCCO3)cc1. The topological polar surface area (TPSA) is 83.1 Å². The second-order valence-corrected chi connectivity index (χ2v) is 6.69. The van der Waals surface area contributed by atoms with E-state index in [2.05, 4.69) is 5.32 Å². The summed E-state index contributed by atoms with van der Waals surface area (Å²) in [6.07, 6.45) is -0.590. The molecule has 4 rings (SSSR count). The van der Waals surface area contributed by atoms with Crippen LogP contribution in [0.2, 0.25) is 0 Å². The summed E-state index contributed by atoms with van der Waals surface area (Å²) >= 11 is 0. The maximum atomic E-state index is 12.7. The Hall–Kier alpha value is -3.22. The van der Waals surface area contributed by atoms with Crippen LogP contribution in [0.1, 0.15) is 23.7 Å². The van der Waals surface area contributed by atoms with Gasteiger partial charge in [-0.25, -0.2) is 0 Å². The fourth-order valence-corrected chi connectivity index (χ4v) is 3.39. The standard InChI is InChI=1S/C21H21NO6/c1-25-15-5-2-13(3-6-15)12-22-21(24)16-11-19(23)28-20(16)14-4-7-17-18(10-14)27-9-8-26-17/h2-7,10,16,20H,8-9,11-12H2,1H3,(H,22,24)/t16-,20+/m0/s1. The van der Waals surface area contributed by atoms with Crippen molar-refractivity contribution in [2.24, 2.45) is 5.92 Å². The van der Waals surface area contributed by atoms with Gasteiger partial charge in [0, 0.05) is 6.54 Å². The zero-order valence-corrected chi connectivity index (χ0v) is 15.5. The van der Waals surface area contributed by atoms with Gasteiger partial charge in [0.2, 0.25) is 5.91 Å². The zero-order chi connectivity index (χ0) is 19.5. The molecule has 146 valence electrons. The second-order valence-electron chi connectivity index (χ2n) is 6.69. The Bertz CT molecular complexity index is 879. The van der Waals surface area contributed by atoms with Crippen molar-refractivity contribution >= 4 is 11.9 Å². The highest BCUT2D eigenvalue weighted by atomic mass is 16.6. The molecule has 2 atom stereocenters. The van der Waals surface area contributed by atoms with Crippen LogP contribution in [-0.4, -0.2) is 32.2 Å². The fourth-order valence-electron chi connectivity index (χ4n) is 3.39. The highest BCUT2D eigenvalue weighted by molar-refractivity contribution is 5.87. The van der Waals surface area contributed by atoms with Crippen LogP contribution in [0.15, 0.2) is 42.5 Å². The summed E-state index contributed by atoms with van der Waals surface area (Å²) in [4.78, 5) is 24.6. The summed E-state index contributed by atoms with van der Waals surface area (Å²) in [5.41, 5.74) is 1.66. The van der Waals surface area contributed by atoms with Crippen molar-refractivity contribution in [1.82, 2.24) is 5.32 Å². The molecule has 1 saturated heterocycles. The van der Waals surface area contributed by atoms with E-state index in [1.54, 1.807) is 25.3 Å². The summed E-state index contributed by atoms with van der Waals surface area (Å²) < 4.78 is 21.7. The Kier molecular flexibility index (Phi) is 5.06. The van der Waals surface area contributed by atoms with Crippen molar-refractivity contribution in [3.8, 4) is 17.2 Å². The summed E-state index contributed by atoms with van der Waals surface area (Å²) in [6, 6.07) is 12.8. The molecule has 0 aromatic heterocycles. The maximum absolute atomic E-state index is 12.7. The first-order valence-corrected chi connectivity index (χ1v) is 9.14. The van der Waals surface area contributed by atoms with E-state index in [9.17, 15) is 9.59 Å². The molecule has 2 aromatic carbocycles. The molecule has 2 aliphatic rings. The Labute approximate surface area is 162 Å². The molecule has 2 aromatic rings. The summed E-state index contributed by atoms with van der Waals surface area (Å²) in [5, 5.41) is 2.89. The van der Waals surface area contributed by atoms with Crippen LogP contribution in [0, 0.1) is 5.92 Å². The van der Waals surface area contributed by atoms with Gasteiger partial charge in [0.1, 0.15) is 25.1 Å². The predicted molar refractivity (Wildman–Crippen MR) is 99.2 cm³/mol. The third kappa shape index (κ3) is 3.74. The molecule has 2 aliphatic heterocycles. The molecular weight excluding hydrogens is 362 g/mol. The number of amides is 1. The van der Waals surface area contributed by atoms with Crippen LogP contribution < -0.4 is 19.5 Å². The highest BCUT2D eigenvalue weighted by Crippen LogP contribution is 2.40. The van der Waals surface area contributed by atoms with Crippen LogP contribution in [0.25, 0.3) is 0 Å². The molecule has 0 bridgehead atoms.